The number of nitrogens with zero attached hydrogens (tertiary/aromatic N) is 1. The molecule has 0 radical (unpaired) electrons. The van der Waals surface area contributed by atoms with E-state index in [1.807, 2.05) is 18.2 Å². The first kappa shape index (κ1) is 17.3. The molecule has 1 fully saturated rings. The molecule has 8 heteroatoms. The van der Waals surface area contributed by atoms with Gasteiger partial charge in [-0.05, 0) is 30.5 Å². The normalized spacial score (nSPS) is 17.2. The predicted octanol–water partition coefficient (Wildman–Crippen LogP) is 0.425. The summed E-state index contributed by atoms with van der Waals surface area (Å²) in [7, 11) is 1.64. The molecular weight excluding hydrogens is 324 g/mol. The van der Waals surface area contributed by atoms with Gasteiger partial charge in [-0.2, -0.15) is 0 Å². The first-order chi connectivity index (χ1) is 12.1. The summed E-state index contributed by atoms with van der Waals surface area (Å²) in [6.45, 7) is 2.70. The van der Waals surface area contributed by atoms with Gasteiger partial charge < -0.3 is 25.4 Å². The number of carbonyl (C=O) groups excluding carboxylic acids is 2. The molecule has 0 aliphatic carbocycles. The second-order valence-corrected chi connectivity index (χ2v) is 6.24. The van der Waals surface area contributed by atoms with Gasteiger partial charge in [-0.1, -0.05) is 6.07 Å². The average molecular weight is 348 g/mol. The molecule has 2 aliphatic rings. The van der Waals surface area contributed by atoms with Crippen LogP contribution in [-0.4, -0.2) is 56.4 Å². The molecule has 2 aliphatic heterocycles. The Morgan fingerprint density at radius 3 is 2.72 bits per heavy atom. The van der Waals surface area contributed by atoms with Crippen molar-refractivity contribution in [3.8, 4) is 11.5 Å². The van der Waals surface area contributed by atoms with Crippen LogP contribution in [0.4, 0.5) is 4.79 Å². The number of amides is 3. The number of hydrogen-bond donors (Lipinski definition) is 3. The number of rotatable bonds is 5. The van der Waals surface area contributed by atoms with Crippen LogP contribution in [0.2, 0.25) is 0 Å². The summed E-state index contributed by atoms with van der Waals surface area (Å²) in [5.74, 6) is 1.47. The molecule has 2 heterocycles. The van der Waals surface area contributed by atoms with E-state index in [0.29, 0.717) is 18.8 Å². The molecule has 8 nitrogen and oxygen atoms in total. The molecule has 0 aromatic heterocycles. The molecular formula is C17H24N4O4. The van der Waals surface area contributed by atoms with E-state index >= 15 is 0 Å². The largest absolute Gasteiger partial charge is 0.454 e. The van der Waals surface area contributed by atoms with Crippen LogP contribution in [0.25, 0.3) is 0 Å². The first-order valence-corrected chi connectivity index (χ1v) is 8.50. The van der Waals surface area contributed by atoms with Gasteiger partial charge in [-0.25, -0.2) is 4.79 Å². The van der Waals surface area contributed by atoms with Crippen molar-refractivity contribution < 1.29 is 19.1 Å². The highest BCUT2D eigenvalue weighted by molar-refractivity contribution is 5.77. The lowest BCUT2D eigenvalue weighted by molar-refractivity contribution is -0.122. The Balaban J connectivity index is 1.38. The Kier molecular flexibility index (Phi) is 5.60. The molecule has 0 bridgehead atoms. The molecule has 3 N–H and O–H groups in total. The van der Waals surface area contributed by atoms with E-state index in [4.69, 9.17) is 9.47 Å². The van der Waals surface area contributed by atoms with Gasteiger partial charge in [0.15, 0.2) is 11.5 Å². The second-order valence-electron chi connectivity index (χ2n) is 6.24. The topological polar surface area (TPSA) is 91.9 Å². The average Bonchev–Trinajstić information content (AvgIpc) is 3.09. The van der Waals surface area contributed by atoms with Crippen molar-refractivity contribution in [1.82, 2.24) is 20.9 Å². The number of likely N-dealkylation sites (N-methyl/N-ethyl adjacent to an activating group) is 1. The molecule has 136 valence electrons. The summed E-state index contributed by atoms with van der Waals surface area (Å²) in [6, 6.07) is 5.59. The van der Waals surface area contributed by atoms with Crippen LogP contribution >= 0.6 is 0 Å². The number of ether oxygens (including phenoxy) is 2. The van der Waals surface area contributed by atoms with Crippen molar-refractivity contribution in [3.63, 3.8) is 0 Å². The minimum Gasteiger partial charge on any atom is -0.454 e. The fourth-order valence-electron chi connectivity index (χ4n) is 2.99. The standard InChI is InChI=1S/C17H24N4O4/c1-18-16(22)10-21-6-4-13(5-7-21)20-17(23)19-9-12-2-3-14-15(8-12)25-11-24-14/h2-3,8,13H,4-7,9-11H2,1H3,(H,18,22)(H2,19,20,23). The number of benzene rings is 1. The highest BCUT2D eigenvalue weighted by Gasteiger charge is 2.21. The fourth-order valence-corrected chi connectivity index (χ4v) is 2.99. The zero-order chi connectivity index (χ0) is 17.6. The third-order valence-electron chi connectivity index (χ3n) is 4.46. The summed E-state index contributed by atoms with van der Waals surface area (Å²) < 4.78 is 10.6. The van der Waals surface area contributed by atoms with E-state index in [9.17, 15) is 9.59 Å². The molecule has 1 aromatic rings. The van der Waals surface area contributed by atoms with E-state index in [1.165, 1.54) is 0 Å². The van der Waals surface area contributed by atoms with Crippen LogP contribution in [-0.2, 0) is 11.3 Å². The van der Waals surface area contributed by atoms with Crippen molar-refractivity contribution in [2.75, 3.05) is 33.5 Å². The molecule has 25 heavy (non-hydrogen) atoms. The van der Waals surface area contributed by atoms with Crippen LogP contribution in [0.1, 0.15) is 18.4 Å². The van der Waals surface area contributed by atoms with Crippen molar-refractivity contribution in [2.45, 2.75) is 25.4 Å². The number of carbonyl (C=O) groups is 2. The third kappa shape index (κ3) is 4.76. The maximum atomic E-state index is 12.1. The van der Waals surface area contributed by atoms with Crippen LogP contribution in [0.3, 0.4) is 0 Å². The Morgan fingerprint density at radius 1 is 1.20 bits per heavy atom. The number of piperidine rings is 1. The molecule has 0 spiro atoms. The Hall–Kier alpha value is -2.48. The maximum absolute atomic E-state index is 12.1. The second kappa shape index (κ2) is 8.06. The van der Waals surface area contributed by atoms with E-state index in [0.717, 1.165) is 37.2 Å². The fraction of sp³-hybridized carbons (Fsp3) is 0.529. The lowest BCUT2D eigenvalue weighted by Gasteiger charge is -2.31. The summed E-state index contributed by atoms with van der Waals surface area (Å²) in [5.41, 5.74) is 0.958. The van der Waals surface area contributed by atoms with Crippen molar-refractivity contribution in [1.29, 1.82) is 0 Å². The van der Waals surface area contributed by atoms with Gasteiger partial charge in [0.1, 0.15) is 0 Å². The molecule has 0 saturated carbocycles. The van der Waals surface area contributed by atoms with E-state index in [2.05, 4.69) is 20.9 Å². The lowest BCUT2D eigenvalue weighted by atomic mass is 10.1. The maximum Gasteiger partial charge on any atom is 0.315 e. The monoisotopic (exact) mass is 348 g/mol. The van der Waals surface area contributed by atoms with E-state index in [-0.39, 0.29) is 24.8 Å². The van der Waals surface area contributed by atoms with Crippen molar-refractivity contribution >= 4 is 11.9 Å². The van der Waals surface area contributed by atoms with Gasteiger partial charge in [0.2, 0.25) is 12.7 Å². The number of likely N-dealkylation sites (tertiary alicyclic amines) is 1. The van der Waals surface area contributed by atoms with Gasteiger partial charge >= 0.3 is 6.03 Å². The Morgan fingerprint density at radius 2 is 1.96 bits per heavy atom. The highest BCUT2D eigenvalue weighted by atomic mass is 16.7. The molecule has 0 atom stereocenters. The third-order valence-corrected chi connectivity index (χ3v) is 4.46. The van der Waals surface area contributed by atoms with Gasteiger partial charge in [-0.15, -0.1) is 0 Å². The van der Waals surface area contributed by atoms with Gasteiger partial charge in [0.25, 0.3) is 0 Å². The molecule has 0 unspecified atom stereocenters. The van der Waals surface area contributed by atoms with Gasteiger partial charge in [0, 0.05) is 32.7 Å². The number of nitrogens with one attached hydrogen (secondary N) is 3. The summed E-state index contributed by atoms with van der Waals surface area (Å²) in [4.78, 5) is 25.5. The van der Waals surface area contributed by atoms with E-state index < -0.39 is 0 Å². The van der Waals surface area contributed by atoms with Gasteiger partial charge in [-0.3, -0.25) is 9.69 Å². The van der Waals surface area contributed by atoms with Crippen LogP contribution < -0.4 is 25.4 Å². The minimum atomic E-state index is -0.178. The SMILES string of the molecule is CNC(=O)CN1CCC(NC(=O)NCc2ccc3c(c2)OCO3)CC1. The number of urea groups is 1. The van der Waals surface area contributed by atoms with Crippen molar-refractivity contribution in [2.24, 2.45) is 0 Å². The van der Waals surface area contributed by atoms with Crippen LogP contribution in [0.15, 0.2) is 18.2 Å². The highest BCUT2D eigenvalue weighted by Crippen LogP contribution is 2.32. The minimum absolute atomic E-state index is 0.0212. The van der Waals surface area contributed by atoms with Gasteiger partial charge in [0.05, 0.1) is 6.54 Å². The predicted molar refractivity (Wildman–Crippen MR) is 91.5 cm³/mol. The van der Waals surface area contributed by atoms with E-state index in [1.54, 1.807) is 7.05 Å². The zero-order valence-corrected chi connectivity index (χ0v) is 14.3. The van der Waals surface area contributed by atoms with Crippen LogP contribution in [0, 0.1) is 0 Å². The molecule has 3 rings (SSSR count). The quantitative estimate of drug-likeness (QED) is 0.718. The number of fused-ring (bicyclic) bond motifs is 1. The smallest absolute Gasteiger partial charge is 0.315 e. The first-order valence-electron chi connectivity index (χ1n) is 8.50. The molecule has 1 saturated heterocycles. The molecule has 3 amide bonds. The Labute approximate surface area is 146 Å². The summed E-state index contributed by atoms with van der Waals surface area (Å²) >= 11 is 0. The zero-order valence-electron chi connectivity index (χ0n) is 14.3. The number of hydrogen-bond acceptors (Lipinski definition) is 5. The summed E-state index contributed by atoms with van der Waals surface area (Å²) in [6.07, 6.45) is 1.68. The van der Waals surface area contributed by atoms with Crippen LogP contribution in [0.5, 0.6) is 11.5 Å². The molecule has 1 aromatic carbocycles. The van der Waals surface area contributed by atoms with Crippen molar-refractivity contribution in [3.05, 3.63) is 23.8 Å². The Bertz CT molecular complexity index is 629. The summed E-state index contributed by atoms with van der Waals surface area (Å²) in [5, 5.41) is 8.49. The lowest BCUT2D eigenvalue weighted by Crippen LogP contribution is -2.49.